The Morgan fingerprint density at radius 1 is 1.12 bits per heavy atom. The first-order valence-corrected chi connectivity index (χ1v) is 7.54. The van der Waals surface area contributed by atoms with Gasteiger partial charge in [-0.3, -0.25) is 0 Å². The smallest absolute Gasteiger partial charge is 0.408 e. The summed E-state index contributed by atoms with van der Waals surface area (Å²) in [6.07, 6.45) is -0.996. The number of carbonyl (C=O) groups is 1. The summed E-state index contributed by atoms with van der Waals surface area (Å²) in [6.45, 7) is 4.94. The second-order valence-corrected chi connectivity index (χ2v) is 6.85. The van der Waals surface area contributed by atoms with Crippen molar-refractivity contribution in [3.63, 3.8) is 0 Å². The molecule has 1 N–H and O–H groups in total. The third kappa shape index (κ3) is 5.53. The zero-order valence-electron chi connectivity index (χ0n) is 14.2. The van der Waals surface area contributed by atoms with Gasteiger partial charge in [-0.2, -0.15) is 0 Å². The van der Waals surface area contributed by atoms with Gasteiger partial charge in [0.25, 0.3) is 0 Å². The minimum atomic E-state index is -2.20. The lowest BCUT2D eigenvalue weighted by molar-refractivity contribution is 0.0174. The summed E-state index contributed by atoms with van der Waals surface area (Å²) in [5, 5.41) is 7.21. The highest BCUT2D eigenvalue weighted by Gasteiger charge is 2.40. The van der Waals surface area contributed by atoms with Crippen LogP contribution in [0.2, 0.25) is 0 Å². The Kier molecular flexibility index (Phi) is 6.44. The number of rotatable bonds is 4. The Bertz CT molecular complexity index is 654. The van der Waals surface area contributed by atoms with Gasteiger partial charge in [0, 0.05) is 5.56 Å². The fraction of sp³-hybridized carbons (Fsp3) is 0.429. The van der Waals surface area contributed by atoms with Crippen molar-refractivity contribution in [3.05, 3.63) is 35.4 Å². The predicted molar refractivity (Wildman–Crippen MR) is 102 cm³/mol. The van der Waals surface area contributed by atoms with Crippen LogP contribution in [0.15, 0.2) is 29.4 Å². The maximum absolute atomic E-state index is 12.5. The first kappa shape index (κ1) is 21.6. The van der Waals surface area contributed by atoms with E-state index in [0.29, 0.717) is 10.5 Å². The molecular weight excluding hydrogens is 334 g/mol. The van der Waals surface area contributed by atoms with Crippen LogP contribution in [0.4, 0.5) is 4.79 Å². The molecule has 5 nitrogen and oxygen atoms in total. The molecule has 0 aromatic heterocycles. The van der Waals surface area contributed by atoms with Gasteiger partial charge >= 0.3 is 6.09 Å². The maximum Gasteiger partial charge on any atom is 0.408 e. The van der Waals surface area contributed by atoms with E-state index in [1.165, 1.54) is 24.3 Å². The number of hydrogen-bond donors (Lipinski definition) is 1. The monoisotopic (exact) mass is 348 g/mol. The molecule has 1 aromatic carbocycles. The lowest BCUT2D eigenvalue weighted by Gasteiger charge is -2.50. The minimum Gasteiger partial charge on any atom is -0.444 e. The van der Waals surface area contributed by atoms with Gasteiger partial charge in [0.1, 0.15) is 5.60 Å². The number of nitrogens with zero attached hydrogens (tertiary/aromatic N) is 2. The number of benzene rings is 1. The summed E-state index contributed by atoms with van der Waals surface area (Å²) in [5.41, 5.74) is -0.228. The second kappa shape index (κ2) is 7.44. The van der Waals surface area contributed by atoms with Gasteiger partial charge in [-0.1, -0.05) is 46.3 Å². The summed E-state index contributed by atoms with van der Waals surface area (Å²) in [6, 6.07) is 5.85. The molecule has 0 unspecified atom stereocenters. The SMILES string of the molecule is [B]C([B])([B])N(C(=O)OC(C)(C)C)C([B])([B])c1ccc(/C(Cl)=N/O)cc1. The quantitative estimate of drug-likeness (QED) is 0.380. The van der Waals surface area contributed by atoms with Crippen molar-refractivity contribution in [2.45, 2.75) is 36.9 Å². The Balaban J connectivity index is 3.30. The zero-order chi connectivity index (χ0) is 19.6. The largest absolute Gasteiger partial charge is 0.444 e. The highest BCUT2D eigenvalue weighted by molar-refractivity contribution is 6.69. The van der Waals surface area contributed by atoms with Gasteiger partial charge < -0.3 is 14.8 Å². The zero-order valence-corrected chi connectivity index (χ0v) is 15.0. The van der Waals surface area contributed by atoms with Crippen molar-refractivity contribution in [1.29, 1.82) is 0 Å². The molecular formula is C14H14B5ClN2O3. The van der Waals surface area contributed by atoms with Crippen molar-refractivity contribution in [2.24, 2.45) is 5.16 Å². The second-order valence-electron chi connectivity index (χ2n) is 6.50. The number of carbonyl (C=O) groups excluding carboxylic acids is 1. The van der Waals surface area contributed by atoms with E-state index in [1.807, 2.05) is 0 Å². The van der Waals surface area contributed by atoms with Gasteiger partial charge in [0.05, 0.1) is 39.2 Å². The lowest BCUT2D eigenvalue weighted by atomic mass is 9.44. The molecule has 0 saturated heterocycles. The van der Waals surface area contributed by atoms with Crippen molar-refractivity contribution >= 4 is 62.1 Å². The van der Waals surface area contributed by atoms with Gasteiger partial charge in [0.2, 0.25) is 0 Å². The molecule has 0 aliphatic rings. The van der Waals surface area contributed by atoms with E-state index in [0.717, 1.165) is 0 Å². The molecule has 0 atom stereocenters. The summed E-state index contributed by atoms with van der Waals surface area (Å²) in [4.78, 5) is 13.1. The predicted octanol–water partition coefficient (Wildman–Crippen LogP) is 0.862. The molecule has 0 bridgehead atoms. The Hall–Kier alpha value is -1.43. The molecule has 1 rings (SSSR count). The van der Waals surface area contributed by atoms with E-state index in [1.54, 1.807) is 20.8 Å². The van der Waals surface area contributed by atoms with Crippen molar-refractivity contribution in [1.82, 2.24) is 4.90 Å². The van der Waals surface area contributed by atoms with Gasteiger partial charge in [0.15, 0.2) is 5.17 Å². The molecule has 11 heteroatoms. The maximum atomic E-state index is 12.5. The molecule has 25 heavy (non-hydrogen) atoms. The average molecular weight is 348 g/mol. The summed E-state index contributed by atoms with van der Waals surface area (Å²) in [7, 11) is 29.2. The molecule has 0 aliphatic heterocycles. The molecule has 0 fully saturated rings. The van der Waals surface area contributed by atoms with Crippen LogP contribution < -0.4 is 0 Å². The Labute approximate surface area is 159 Å². The van der Waals surface area contributed by atoms with Gasteiger partial charge in [-0.05, 0) is 31.7 Å². The van der Waals surface area contributed by atoms with Crippen molar-refractivity contribution in [2.75, 3.05) is 0 Å². The van der Waals surface area contributed by atoms with Crippen molar-refractivity contribution < 1.29 is 14.7 Å². The van der Waals surface area contributed by atoms with Crippen LogP contribution >= 0.6 is 11.6 Å². The number of oxime groups is 1. The molecule has 120 valence electrons. The minimum absolute atomic E-state index is 0.138. The number of hydrogen-bond acceptors (Lipinski definition) is 4. The highest BCUT2D eigenvalue weighted by Crippen LogP contribution is 2.28. The third-order valence-electron chi connectivity index (χ3n) is 3.01. The Morgan fingerprint density at radius 3 is 1.96 bits per heavy atom. The van der Waals surface area contributed by atoms with Crippen LogP contribution in [0, 0.1) is 0 Å². The number of amides is 1. The number of ether oxygens (including phenoxy) is 1. The van der Waals surface area contributed by atoms with Crippen LogP contribution in [-0.4, -0.2) is 71.4 Å². The van der Waals surface area contributed by atoms with Crippen LogP contribution in [0.1, 0.15) is 31.9 Å². The van der Waals surface area contributed by atoms with Crippen LogP contribution in [0.3, 0.4) is 0 Å². The Morgan fingerprint density at radius 2 is 1.60 bits per heavy atom. The van der Waals surface area contributed by atoms with E-state index in [2.05, 4.69) is 5.16 Å². The molecule has 1 aromatic rings. The van der Waals surface area contributed by atoms with Gasteiger partial charge in [-0.25, -0.2) is 4.79 Å². The fourth-order valence-electron chi connectivity index (χ4n) is 2.00. The van der Waals surface area contributed by atoms with E-state index in [4.69, 9.17) is 60.8 Å². The molecule has 0 saturated carbocycles. The molecule has 0 aliphatic carbocycles. The molecule has 0 spiro atoms. The highest BCUT2D eigenvalue weighted by atomic mass is 35.5. The standard InChI is InChI=1S/C14H14B5ClN2O3/c1-12(2,3)25-11(23)22(14(17,18)19)13(15,16)9-6-4-8(5-7-9)10(20)21-24/h4-7,24H,1-3H3/b21-10-. The van der Waals surface area contributed by atoms with E-state index in [9.17, 15) is 4.79 Å². The molecule has 0 heterocycles. The van der Waals surface area contributed by atoms with E-state index >= 15 is 0 Å². The first-order chi connectivity index (χ1) is 11.2. The van der Waals surface area contributed by atoms with E-state index < -0.39 is 22.3 Å². The number of halogens is 1. The topological polar surface area (TPSA) is 62.1 Å². The third-order valence-corrected chi connectivity index (χ3v) is 3.30. The normalized spacial score (nSPS) is 13.4. The lowest BCUT2D eigenvalue weighted by Crippen LogP contribution is -2.64. The summed E-state index contributed by atoms with van der Waals surface area (Å²) >= 11 is 5.71. The first-order valence-electron chi connectivity index (χ1n) is 7.16. The summed E-state index contributed by atoms with van der Waals surface area (Å²) in [5.74, 6) is 0. The molecule has 10 radical (unpaired) electrons. The van der Waals surface area contributed by atoms with Gasteiger partial charge in [-0.15, -0.1) is 0 Å². The summed E-state index contributed by atoms with van der Waals surface area (Å²) < 4.78 is 5.23. The fourth-order valence-corrected chi connectivity index (χ4v) is 2.12. The van der Waals surface area contributed by atoms with Crippen LogP contribution in [-0.2, 0) is 10.1 Å². The van der Waals surface area contributed by atoms with E-state index in [-0.39, 0.29) is 10.7 Å². The van der Waals surface area contributed by atoms with Crippen molar-refractivity contribution in [3.8, 4) is 0 Å². The van der Waals surface area contributed by atoms with Crippen LogP contribution in [0.25, 0.3) is 0 Å². The average Bonchev–Trinajstić information content (AvgIpc) is 2.42. The molecule has 1 amide bonds. The van der Waals surface area contributed by atoms with Crippen LogP contribution in [0.5, 0.6) is 0 Å².